The van der Waals surface area contributed by atoms with Gasteiger partial charge in [0.05, 0.1) is 5.56 Å². The summed E-state index contributed by atoms with van der Waals surface area (Å²) in [5.74, 6) is -1.50. The van der Waals surface area contributed by atoms with E-state index in [9.17, 15) is 14.0 Å². The van der Waals surface area contributed by atoms with Crippen LogP contribution in [0, 0.1) is 12.7 Å². The summed E-state index contributed by atoms with van der Waals surface area (Å²) in [6.45, 7) is 3.47. The molecular formula is C12H13FO3. The van der Waals surface area contributed by atoms with E-state index in [0.29, 0.717) is 18.3 Å². The van der Waals surface area contributed by atoms with Gasteiger partial charge in [-0.25, -0.2) is 4.39 Å². The second-order valence-electron chi connectivity index (χ2n) is 3.51. The van der Waals surface area contributed by atoms with Gasteiger partial charge in [-0.1, -0.05) is 6.92 Å². The second-order valence-corrected chi connectivity index (χ2v) is 3.51. The minimum absolute atomic E-state index is 0.0574. The lowest BCUT2D eigenvalue weighted by molar-refractivity contribution is -0.134. The first kappa shape index (κ1) is 12.4. The molecule has 0 aromatic heterocycles. The summed E-state index contributed by atoms with van der Waals surface area (Å²) in [5.41, 5.74) is 0.664. The molecule has 0 bridgehead atoms. The van der Waals surface area contributed by atoms with Crippen molar-refractivity contribution in [2.45, 2.75) is 26.7 Å². The third-order valence-corrected chi connectivity index (χ3v) is 2.01. The van der Waals surface area contributed by atoms with Gasteiger partial charge in [-0.2, -0.15) is 0 Å². The third kappa shape index (κ3) is 2.89. The van der Waals surface area contributed by atoms with E-state index in [4.69, 9.17) is 4.74 Å². The number of hydrogen-bond acceptors (Lipinski definition) is 3. The second kappa shape index (κ2) is 5.39. The monoisotopic (exact) mass is 224 g/mol. The lowest BCUT2D eigenvalue weighted by Crippen LogP contribution is -2.10. The largest absolute Gasteiger partial charge is 0.423 e. The highest BCUT2D eigenvalue weighted by molar-refractivity contribution is 5.82. The van der Waals surface area contributed by atoms with E-state index in [0.717, 1.165) is 0 Å². The zero-order valence-electron chi connectivity index (χ0n) is 9.25. The molecule has 0 atom stereocenters. The smallest absolute Gasteiger partial charge is 0.311 e. The quantitative estimate of drug-likeness (QED) is 0.448. The summed E-state index contributed by atoms with van der Waals surface area (Å²) in [5, 5.41) is 0. The molecule has 1 aromatic carbocycles. The van der Waals surface area contributed by atoms with Gasteiger partial charge >= 0.3 is 5.97 Å². The third-order valence-electron chi connectivity index (χ3n) is 2.01. The van der Waals surface area contributed by atoms with Gasteiger partial charge in [0.2, 0.25) is 0 Å². The van der Waals surface area contributed by atoms with E-state index in [2.05, 4.69) is 0 Å². The van der Waals surface area contributed by atoms with Crippen LogP contribution < -0.4 is 4.74 Å². The first-order valence-corrected chi connectivity index (χ1v) is 5.04. The van der Waals surface area contributed by atoms with Crippen molar-refractivity contribution in [2.24, 2.45) is 0 Å². The Balaban J connectivity index is 3.02. The average molecular weight is 224 g/mol. The van der Waals surface area contributed by atoms with Crippen LogP contribution in [0.1, 0.15) is 35.7 Å². The standard InChI is InChI=1S/C12H13FO3/c1-3-4-11(15)16-12-9(7-14)5-8(2)6-10(12)13/h5-7H,3-4H2,1-2H3. The Hall–Kier alpha value is -1.71. The number of halogens is 1. The fraction of sp³-hybridized carbons (Fsp3) is 0.333. The van der Waals surface area contributed by atoms with Crippen LogP contribution in [-0.4, -0.2) is 12.3 Å². The molecule has 4 heteroatoms. The van der Waals surface area contributed by atoms with E-state index < -0.39 is 11.8 Å². The summed E-state index contributed by atoms with van der Waals surface area (Å²) in [7, 11) is 0. The average Bonchev–Trinajstić information content (AvgIpc) is 2.22. The van der Waals surface area contributed by atoms with Gasteiger partial charge < -0.3 is 4.74 Å². The van der Waals surface area contributed by atoms with Crippen LogP contribution in [-0.2, 0) is 4.79 Å². The molecule has 0 N–H and O–H groups in total. The number of ether oxygens (including phenoxy) is 1. The molecule has 0 spiro atoms. The molecule has 0 heterocycles. The van der Waals surface area contributed by atoms with E-state index in [1.165, 1.54) is 12.1 Å². The van der Waals surface area contributed by atoms with Gasteiger partial charge in [0.1, 0.15) is 0 Å². The number of aldehydes is 1. The summed E-state index contributed by atoms with van der Waals surface area (Å²) in [6.07, 6.45) is 1.29. The molecule has 0 aliphatic carbocycles. The molecule has 0 aliphatic rings. The number of carbonyl (C=O) groups excluding carboxylic acids is 2. The van der Waals surface area contributed by atoms with E-state index in [-0.39, 0.29) is 17.7 Å². The molecule has 3 nitrogen and oxygen atoms in total. The number of esters is 1. The minimum Gasteiger partial charge on any atom is -0.423 e. The van der Waals surface area contributed by atoms with Crippen molar-refractivity contribution in [3.8, 4) is 5.75 Å². The Bertz CT molecular complexity index is 413. The molecule has 0 saturated heterocycles. The van der Waals surface area contributed by atoms with Crippen LogP contribution in [0.15, 0.2) is 12.1 Å². The molecule has 0 aliphatic heterocycles. The fourth-order valence-corrected chi connectivity index (χ4v) is 1.32. The molecule has 0 fully saturated rings. The van der Waals surface area contributed by atoms with Crippen molar-refractivity contribution in [3.63, 3.8) is 0 Å². The molecule has 0 radical (unpaired) electrons. The Morgan fingerprint density at radius 2 is 2.19 bits per heavy atom. The van der Waals surface area contributed by atoms with Crippen LogP contribution in [0.3, 0.4) is 0 Å². The molecule has 1 aromatic rings. The lowest BCUT2D eigenvalue weighted by Gasteiger charge is -2.08. The Labute approximate surface area is 93.2 Å². The van der Waals surface area contributed by atoms with Crippen LogP contribution >= 0.6 is 0 Å². The maximum atomic E-state index is 13.5. The number of rotatable bonds is 4. The van der Waals surface area contributed by atoms with Crippen LogP contribution in [0.25, 0.3) is 0 Å². The Morgan fingerprint density at radius 1 is 1.50 bits per heavy atom. The Morgan fingerprint density at radius 3 is 2.75 bits per heavy atom. The van der Waals surface area contributed by atoms with E-state index in [1.807, 2.05) is 6.92 Å². The highest BCUT2D eigenvalue weighted by Gasteiger charge is 2.14. The maximum Gasteiger partial charge on any atom is 0.311 e. The summed E-state index contributed by atoms with van der Waals surface area (Å²) >= 11 is 0. The predicted molar refractivity (Wildman–Crippen MR) is 57.1 cm³/mol. The Kier molecular flexibility index (Phi) is 4.17. The van der Waals surface area contributed by atoms with Crippen molar-refractivity contribution in [1.82, 2.24) is 0 Å². The zero-order valence-corrected chi connectivity index (χ0v) is 9.25. The highest BCUT2D eigenvalue weighted by atomic mass is 19.1. The summed E-state index contributed by atoms with van der Waals surface area (Å²) < 4.78 is 18.3. The van der Waals surface area contributed by atoms with Gasteiger partial charge in [0.15, 0.2) is 17.9 Å². The number of hydrogen-bond donors (Lipinski definition) is 0. The molecule has 1 rings (SSSR count). The van der Waals surface area contributed by atoms with Crippen LogP contribution in [0.4, 0.5) is 4.39 Å². The van der Waals surface area contributed by atoms with Crippen LogP contribution in [0.2, 0.25) is 0 Å². The zero-order chi connectivity index (χ0) is 12.1. The summed E-state index contributed by atoms with van der Waals surface area (Å²) in [6, 6.07) is 2.70. The molecule has 16 heavy (non-hydrogen) atoms. The summed E-state index contributed by atoms with van der Waals surface area (Å²) in [4.78, 5) is 21.9. The fourth-order valence-electron chi connectivity index (χ4n) is 1.32. The van der Waals surface area contributed by atoms with E-state index >= 15 is 0 Å². The van der Waals surface area contributed by atoms with Gasteiger partial charge in [-0.3, -0.25) is 9.59 Å². The lowest BCUT2D eigenvalue weighted by atomic mass is 10.1. The van der Waals surface area contributed by atoms with Crippen molar-refractivity contribution in [3.05, 3.63) is 29.1 Å². The van der Waals surface area contributed by atoms with Crippen molar-refractivity contribution < 1.29 is 18.7 Å². The first-order chi connectivity index (χ1) is 7.58. The van der Waals surface area contributed by atoms with Gasteiger partial charge in [-0.15, -0.1) is 0 Å². The first-order valence-electron chi connectivity index (χ1n) is 5.04. The molecular weight excluding hydrogens is 211 g/mol. The molecule has 0 amide bonds. The van der Waals surface area contributed by atoms with Gasteiger partial charge in [0, 0.05) is 6.42 Å². The van der Waals surface area contributed by atoms with E-state index in [1.54, 1.807) is 6.92 Å². The maximum absolute atomic E-state index is 13.5. The topological polar surface area (TPSA) is 43.4 Å². The number of aryl methyl sites for hydroxylation is 1. The number of benzene rings is 1. The van der Waals surface area contributed by atoms with Crippen LogP contribution in [0.5, 0.6) is 5.75 Å². The van der Waals surface area contributed by atoms with Crippen molar-refractivity contribution in [2.75, 3.05) is 0 Å². The molecule has 0 saturated carbocycles. The molecule has 0 unspecified atom stereocenters. The van der Waals surface area contributed by atoms with Gasteiger partial charge in [-0.05, 0) is 31.0 Å². The normalized spacial score (nSPS) is 9.94. The predicted octanol–water partition coefficient (Wildman–Crippen LogP) is 2.65. The van der Waals surface area contributed by atoms with Crippen molar-refractivity contribution >= 4 is 12.3 Å². The SMILES string of the molecule is CCCC(=O)Oc1c(F)cc(C)cc1C=O. The minimum atomic E-state index is -0.688. The number of carbonyl (C=O) groups is 2. The van der Waals surface area contributed by atoms with Crippen molar-refractivity contribution in [1.29, 1.82) is 0 Å². The molecule has 86 valence electrons. The van der Waals surface area contributed by atoms with Gasteiger partial charge in [0.25, 0.3) is 0 Å². The highest BCUT2D eigenvalue weighted by Crippen LogP contribution is 2.23.